The van der Waals surface area contributed by atoms with Gasteiger partial charge in [-0.05, 0) is 25.1 Å². The molecule has 0 aliphatic carbocycles. The first-order valence-corrected chi connectivity index (χ1v) is 11.4. The smallest absolute Gasteiger partial charge is 0.395 e. The summed E-state index contributed by atoms with van der Waals surface area (Å²) in [5.41, 5.74) is -1.27. The van der Waals surface area contributed by atoms with E-state index in [1.807, 2.05) is 0 Å². The van der Waals surface area contributed by atoms with E-state index in [1.165, 1.54) is 12.3 Å². The zero-order chi connectivity index (χ0) is 25.8. The van der Waals surface area contributed by atoms with Crippen LogP contribution in [0.5, 0.6) is 0 Å². The molecule has 4 N–H and O–H groups in total. The maximum Gasteiger partial charge on any atom is 0.417 e. The minimum Gasteiger partial charge on any atom is -0.395 e. The predicted molar refractivity (Wildman–Crippen MR) is 125 cm³/mol. The van der Waals surface area contributed by atoms with Gasteiger partial charge in [0.25, 0.3) is 11.8 Å². The minimum atomic E-state index is -4.68. The van der Waals surface area contributed by atoms with Crippen LogP contribution in [0.1, 0.15) is 43.7 Å². The lowest BCUT2D eigenvalue weighted by Gasteiger charge is -2.13. The number of alkyl halides is 3. The number of aromatic nitrogens is 3. The highest BCUT2D eigenvalue weighted by molar-refractivity contribution is 7.13. The standard InChI is InChI=1S/C20H17Cl2F3N6O3S/c1-9(30-18(34)15-14(22)16(26-4-5-32)29-8-28-15)19-27-7-13(35-19)17(33)31-10-2-3-12(21)11(6-10)20(23,24)25/h2-3,6-9,32H,4-5H2,1H3,(H,30,34)(H,31,33)(H,26,28,29)/t9-/m0/s1. The Morgan fingerprint density at radius 3 is 2.60 bits per heavy atom. The number of aliphatic hydroxyl groups is 1. The normalized spacial score (nSPS) is 12.2. The number of carbonyl (C=O) groups excluding carboxylic acids is 2. The molecule has 3 rings (SSSR count). The number of rotatable bonds is 8. The first-order chi connectivity index (χ1) is 16.5. The molecule has 2 amide bonds. The third kappa shape index (κ3) is 6.57. The molecule has 0 radical (unpaired) electrons. The summed E-state index contributed by atoms with van der Waals surface area (Å²) in [5.74, 6) is -1.13. The van der Waals surface area contributed by atoms with Gasteiger partial charge in [0.05, 0.1) is 29.4 Å². The summed E-state index contributed by atoms with van der Waals surface area (Å²) in [5, 5.41) is 16.5. The Labute approximate surface area is 210 Å². The van der Waals surface area contributed by atoms with Crippen LogP contribution in [0.3, 0.4) is 0 Å². The predicted octanol–water partition coefficient (Wildman–Crippen LogP) is 4.41. The summed E-state index contributed by atoms with van der Waals surface area (Å²) >= 11 is 12.7. The first-order valence-electron chi connectivity index (χ1n) is 9.81. The number of benzene rings is 1. The van der Waals surface area contributed by atoms with Crippen molar-refractivity contribution in [1.82, 2.24) is 20.3 Å². The van der Waals surface area contributed by atoms with Gasteiger partial charge in [-0.15, -0.1) is 11.3 Å². The third-order valence-corrected chi connectivity index (χ3v) is 6.27. The number of hydrogen-bond donors (Lipinski definition) is 4. The number of carbonyl (C=O) groups is 2. The second-order valence-electron chi connectivity index (χ2n) is 6.94. The highest BCUT2D eigenvalue weighted by Gasteiger charge is 2.33. The Kier molecular flexibility index (Phi) is 8.48. The molecule has 0 spiro atoms. The first kappa shape index (κ1) is 26.6. The van der Waals surface area contributed by atoms with Crippen molar-refractivity contribution >= 4 is 57.9 Å². The summed E-state index contributed by atoms with van der Waals surface area (Å²) < 4.78 is 39.1. The van der Waals surface area contributed by atoms with E-state index in [0.29, 0.717) is 5.01 Å². The van der Waals surface area contributed by atoms with Crippen molar-refractivity contribution < 1.29 is 27.9 Å². The Morgan fingerprint density at radius 1 is 1.17 bits per heavy atom. The van der Waals surface area contributed by atoms with Gasteiger partial charge in [-0.2, -0.15) is 13.2 Å². The van der Waals surface area contributed by atoms with Crippen molar-refractivity contribution in [2.45, 2.75) is 19.1 Å². The topological polar surface area (TPSA) is 129 Å². The number of nitrogens with zero attached hydrogens (tertiary/aromatic N) is 3. The zero-order valence-electron chi connectivity index (χ0n) is 17.8. The molecule has 0 saturated heterocycles. The van der Waals surface area contributed by atoms with Gasteiger partial charge in [0.2, 0.25) is 0 Å². The highest BCUT2D eigenvalue weighted by atomic mass is 35.5. The van der Waals surface area contributed by atoms with Crippen LogP contribution in [0.15, 0.2) is 30.7 Å². The van der Waals surface area contributed by atoms with E-state index < -0.39 is 34.6 Å². The monoisotopic (exact) mass is 548 g/mol. The molecule has 0 bridgehead atoms. The molecule has 2 heterocycles. The molecule has 2 aromatic heterocycles. The van der Waals surface area contributed by atoms with Gasteiger partial charge in [0.1, 0.15) is 27.1 Å². The fourth-order valence-electron chi connectivity index (χ4n) is 2.76. The largest absolute Gasteiger partial charge is 0.417 e. The van der Waals surface area contributed by atoms with Crippen LogP contribution in [0.4, 0.5) is 24.7 Å². The number of halogens is 5. The molecule has 0 fully saturated rings. The second kappa shape index (κ2) is 11.2. The van der Waals surface area contributed by atoms with E-state index in [-0.39, 0.29) is 40.3 Å². The minimum absolute atomic E-state index is 0.0361. The number of nitrogens with one attached hydrogen (secondary N) is 3. The SMILES string of the molecule is C[C@H](NC(=O)c1ncnc(NCCO)c1Cl)c1ncc(C(=O)Nc2ccc(Cl)c(C(F)(F)F)c2)s1. The van der Waals surface area contributed by atoms with E-state index in [0.717, 1.165) is 29.8 Å². The van der Waals surface area contributed by atoms with E-state index in [9.17, 15) is 22.8 Å². The number of amides is 2. The number of aliphatic hydroxyl groups excluding tert-OH is 1. The molecule has 35 heavy (non-hydrogen) atoms. The highest BCUT2D eigenvalue weighted by Crippen LogP contribution is 2.36. The van der Waals surface area contributed by atoms with Crippen LogP contribution >= 0.6 is 34.5 Å². The molecule has 1 atom stereocenters. The van der Waals surface area contributed by atoms with E-state index in [2.05, 4.69) is 30.9 Å². The maximum atomic E-state index is 13.0. The average Bonchev–Trinajstić information content (AvgIpc) is 3.29. The van der Waals surface area contributed by atoms with E-state index in [4.69, 9.17) is 28.3 Å². The number of anilines is 2. The third-order valence-electron chi connectivity index (χ3n) is 4.40. The Bertz CT molecular complexity index is 1240. The molecule has 9 nitrogen and oxygen atoms in total. The lowest BCUT2D eigenvalue weighted by Crippen LogP contribution is -2.28. The lowest BCUT2D eigenvalue weighted by molar-refractivity contribution is -0.137. The van der Waals surface area contributed by atoms with Crippen molar-refractivity contribution in [2.24, 2.45) is 0 Å². The van der Waals surface area contributed by atoms with Gasteiger partial charge in [-0.25, -0.2) is 15.0 Å². The quantitative estimate of drug-likeness (QED) is 0.328. The van der Waals surface area contributed by atoms with Gasteiger partial charge >= 0.3 is 6.18 Å². The molecule has 0 aliphatic rings. The number of thiazole rings is 1. The summed E-state index contributed by atoms with van der Waals surface area (Å²) in [6, 6.07) is 2.37. The summed E-state index contributed by atoms with van der Waals surface area (Å²) in [6.45, 7) is 1.62. The molecule has 0 aliphatic heterocycles. The summed E-state index contributed by atoms with van der Waals surface area (Å²) in [7, 11) is 0. The Morgan fingerprint density at radius 2 is 1.91 bits per heavy atom. The van der Waals surface area contributed by atoms with Gasteiger partial charge < -0.3 is 21.1 Å². The van der Waals surface area contributed by atoms with Crippen LogP contribution in [0.25, 0.3) is 0 Å². The summed E-state index contributed by atoms with van der Waals surface area (Å²) in [4.78, 5) is 37.1. The zero-order valence-corrected chi connectivity index (χ0v) is 20.1. The van der Waals surface area contributed by atoms with E-state index in [1.54, 1.807) is 6.92 Å². The molecule has 1 aromatic carbocycles. The number of hydrogen-bond acceptors (Lipinski definition) is 8. The molecular weight excluding hydrogens is 532 g/mol. The van der Waals surface area contributed by atoms with Gasteiger partial charge in [-0.3, -0.25) is 9.59 Å². The van der Waals surface area contributed by atoms with Crippen molar-refractivity contribution in [3.63, 3.8) is 0 Å². The molecule has 0 saturated carbocycles. The maximum absolute atomic E-state index is 13.0. The van der Waals surface area contributed by atoms with Gasteiger partial charge in [0, 0.05) is 12.2 Å². The average molecular weight is 549 g/mol. The van der Waals surface area contributed by atoms with Gasteiger partial charge in [-0.1, -0.05) is 23.2 Å². The van der Waals surface area contributed by atoms with Crippen molar-refractivity contribution in [1.29, 1.82) is 0 Å². The molecule has 15 heteroatoms. The van der Waals surface area contributed by atoms with Crippen LogP contribution in [-0.2, 0) is 6.18 Å². The van der Waals surface area contributed by atoms with Crippen LogP contribution in [-0.4, -0.2) is 45.0 Å². The summed E-state index contributed by atoms with van der Waals surface area (Å²) in [6.07, 6.45) is -2.30. The van der Waals surface area contributed by atoms with Crippen molar-refractivity contribution in [3.05, 3.63) is 61.9 Å². The fraction of sp³-hybridized carbons (Fsp3) is 0.250. The molecule has 186 valence electrons. The molecular formula is C20H17Cl2F3N6O3S. The van der Waals surface area contributed by atoms with Crippen LogP contribution in [0.2, 0.25) is 10.0 Å². The van der Waals surface area contributed by atoms with Crippen molar-refractivity contribution in [3.8, 4) is 0 Å². The Balaban J connectivity index is 1.69. The molecule has 3 aromatic rings. The second-order valence-corrected chi connectivity index (χ2v) is 8.79. The molecule has 0 unspecified atom stereocenters. The van der Waals surface area contributed by atoms with Crippen molar-refractivity contribution in [2.75, 3.05) is 23.8 Å². The van der Waals surface area contributed by atoms with E-state index >= 15 is 0 Å². The lowest BCUT2D eigenvalue weighted by atomic mass is 10.2. The fourth-order valence-corrected chi connectivity index (χ4v) is 4.05. The Hall–Kier alpha value is -3.00. The van der Waals surface area contributed by atoms with Gasteiger partial charge in [0.15, 0.2) is 5.69 Å². The van der Waals surface area contributed by atoms with Crippen LogP contribution < -0.4 is 16.0 Å². The van der Waals surface area contributed by atoms with Crippen LogP contribution in [0, 0.1) is 0 Å².